The van der Waals surface area contributed by atoms with Gasteiger partial charge in [-0.3, -0.25) is 4.18 Å². The molecular weight excluding hydrogens is 438 g/mol. The van der Waals surface area contributed by atoms with Crippen molar-refractivity contribution >= 4 is 20.9 Å². The van der Waals surface area contributed by atoms with Crippen molar-refractivity contribution in [2.24, 2.45) is 5.92 Å². The van der Waals surface area contributed by atoms with Gasteiger partial charge in [0.2, 0.25) is 0 Å². The second-order valence-electron chi connectivity index (χ2n) is 8.84. The van der Waals surface area contributed by atoms with Gasteiger partial charge < -0.3 is 14.7 Å². The minimum atomic E-state index is -3.89. The number of rotatable bonds is 8. The SMILES string of the molecule is COc1ccc2cc(CCN3CCC(COS(=O)(=O)c4cc(O)ccc4C)C3)ccc2c1C. The average Bonchev–Trinajstić information content (AvgIpc) is 3.26. The van der Waals surface area contributed by atoms with Gasteiger partial charge in [-0.1, -0.05) is 30.3 Å². The van der Waals surface area contributed by atoms with Crippen LogP contribution < -0.4 is 4.74 Å². The molecule has 33 heavy (non-hydrogen) atoms. The second-order valence-corrected chi connectivity index (χ2v) is 10.4. The molecule has 1 N–H and O–H groups in total. The Kier molecular flexibility index (Phi) is 6.93. The predicted molar refractivity (Wildman–Crippen MR) is 129 cm³/mol. The van der Waals surface area contributed by atoms with Gasteiger partial charge >= 0.3 is 0 Å². The summed E-state index contributed by atoms with van der Waals surface area (Å²) in [5, 5.41) is 12.1. The van der Waals surface area contributed by atoms with E-state index in [1.165, 1.54) is 28.5 Å². The molecule has 0 saturated carbocycles. The summed E-state index contributed by atoms with van der Waals surface area (Å²) in [5.41, 5.74) is 3.00. The summed E-state index contributed by atoms with van der Waals surface area (Å²) >= 11 is 0. The zero-order valence-electron chi connectivity index (χ0n) is 19.4. The van der Waals surface area contributed by atoms with E-state index in [9.17, 15) is 13.5 Å². The number of phenolic OH excluding ortho intramolecular Hbond substituents is 1. The van der Waals surface area contributed by atoms with Gasteiger partial charge in [-0.2, -0.15) is 8.42 Å². The quantitative estimate of drug-likeness (QED) is 0.492. The van der Waals surface area contributed by atoms with E-state index in [1.54, 1.807) is 20.1 Å². The smallest absolute Gasteiger partial charge is 0.297 e. The van der Waals surface area contributed by atoms with Crippen molar-refractivity contribution in [3.8, 4) is 11.5 Å². The standard InChI is InChI=1S/C26H31NO5S/c1-18-4-7-23(28)15-26(18)33(29,30)32-17-21-11-13-27(16-21)12-10-20-5-8-24-19(2)25(31-3)9-6-22(24)14-20/h4-9,14-15,21,28H,10-13,16-17H2,1-3H3. The fraction of sp³-hybridized carbons (Fsp3) is 0.385. The summed E-state index contributed by atoms with van der Waals surface area (Å²) in [5.74, 6) is 0.990. The summed E-state index contributed by atoms with van der Waals surface area (Å²) < 4.78 is 35.9. The lowest BCUT2D eigenvalue weighted by molar-refractivity contribution is 0.245. The molecule has 7 heteroatoms. The van der Waals surface area contributed by atoms with E-state index in [0.29, 0.717) is 5.56 Å². The number of benzene rings is 3. The molecule has 3 aromatic carbocycles. The maximum Gasteiger partial charge on any atom is 0.297 e. The lowest BCUT2D eigenvalue weighted by Gasteiger charge is -2.17. The minimum absolute atomic E-state index is 0.0292. The molecule has 1 aliphatic rings. The van der Waals surface area contributed by atoms with Crippen molar-refractivity contribution in [2.75, 3.05) is 33.4 Å². The van der Waals surface area contributed by atoms with Gasteiger partial charge in [0.25, 0.3) is 10.1 Å². The predicted octanol–water partition coefficient (Wildman–Crippen LogP) is 4.44. The molecule has 1 heterocycles. The Hall–Kier alpha value is -2.61. The molecule has 0 amide bonds. The van der Waals surface area contributed by atoms with Gasteiger partial charge in [0.15, 0.2) is 0 Å². The summed E-state index contributed by atoms with van der Waals surface area (Å²) in [6, 6.07) is 15.0. The highest BCUT2D eigenvalue weighted by molar-refractivity contribution is 7.86. The topological polar surface area (TPSA) is 76.1 Å². The van der Waals surface area contributed by atoms with Gasteiger partial charge in [-0.05, 0) is 78.7 Å². The molecule has 1 fully saturated rings. The number of aromatic hydroxyl groups is 1. The van der Waals surface area contributed by atoms with Crippen LogP contribution in [0, 0.1) is 19.8 Å². The zero-order chi connectivity index (χ0) is 23.6. The van der Waals surface area contributed by atoms with Crippen LogP contribution in [-0.4, -0.2) is 51.8 Å². The van der Waals surface area contributed by atoms with Crippen molar-refractivity contribution in [2.45, 2.75) is 31.6 Å². The first-order valence-corrected chi connectivity index (χ1v) is 12.7. The maximum atomic E-state index is 12.6. The third-order valence-corrected chi connectivity index (χ3v) is 7.94. The molecule has 176 valence electrons. The van der Waals surface area contributed by atoms with Gasteiger partial charge in [0.1, 0.15) is 16.4 Å². The number of hydrogen-bond donors (Lipinski definition) is 1. The number of fused-ring (bicyclic) bond motifs is 1. The Labute approximate surface area is 195 Å². The molecule has 0 radical (unpaired) electrons. The fourth-order valence-electron chi connectivity index (χ4n) is 4.54. The Morgan fingerprint density at radius 1 is 1.09 bits per heavy atom. The molecule has 1 unspecified atom stereocenters. The molecule has 1 saturated heterocycles. The van der Waals surface area contributed by atoms with E-state index < -0.39 is 10.1 Å². The highest BCUT2D eigenvalue weighted by atomic mass is 32.2. The van der Waals surface area contributed by atoms with Crippen molar-refractivity contribution in [1.82, 2.24) is 4.90 Å². The van der Waals surface area contributed by atoms with Crippen LogP contribution in [0.15, 0.2) is 53.4 Å². The van der Waals surface area contributed by atoms with Crippen LogP contribution in [0.3, 0.4) is 0 Å². The highest BCUT2D eigenvalue weighted by Gasteiger charge is 2.26. The molecule has 1 aliphatic heterocycles. The monoisotopic (exact) mass is 469 g/mol. The Morgan fingerprint density at radius 3 is 2.70 bits per heavy atom. The number of aryl methyl sites for hydroxylation is 2. The summed E-state index contributed by atoms with van der Waals surface area (Å²) in [7, 11) is -2.20. The van der Waals surface area contributed by atoms with Crippen LogP contribution in [0.5, 0.6) is 11.5 Å². The highest BCUT2D eigenvalue weighted by Crippen LogP contribution is 2.28. The first-order chi connectivity index (χ1) is 15.8. The third-order valence-electron chi connectivity index (χ3n) is 6.51. The van der Waals surface area contributed by atoms with Crippen molar-refractivity contribution in [3.05, 3.63) is 65.2 Å². The number of nitrogens with zero attached hydrogens (tertiary/aromatic N) is 1. The molecule has 0 aliphatic carbocycles. The lowest BCUT2D eigenvalue weighted by Crippen LogP contribution is -2.25. The number of likely N-dealkylation sites (tertiary alicyclic amines) is 1. The number of hydrogen-bond acceptors (Lipinski definition) is 6. The molecule has 3 aromatic rings. The van der Waals surface area contributed by atoms with Crippen LogP contribution in [0.2, 0.25) is 0 Å². The largest absolute Gasteiger partial charge is 0.508 e. The van der Waals surface area contributed by atoms with E-state index in [-0.39, 0.29) is 23.2 Å². The lowest BCUT2D eigenvalue weighted by atomic mass is 10.0. The normalized spacial score (nSPS) is 17.0. The molecule has 0 bridgehead atoms. The van der Waals surface area contributed by atoms with Crippen LogP contribution in [-0.2, 0) is 20.7 Å². The zero-order valence-corrected chi connectivity index (χ0v) is 20.2. The summed E-state index contributed by atoms with van der Waals surface area (Å²) in [6.45, 7) is 6.61. The number of phenols is 1. The molecule has 0 spiro atoms. The average molecular weight is 470 g/mol. The van der Waals surface area contributed by atoms with E-state index in [1.807, 2.05) is 6.07 Å². The van der Waals surface area contributed by atoms with E-state index in [0.717, 1.165) is 43.8 Å². The molecule has 6 nitrogen and oxygen atoms in total. The first kappa shape index (κ1) is 23.5. The van der Waals surface area contributed by atoms with E-state index in [2.05, 4.69) is 36.1 Å². The first-order valence-electron chi connectivity index (χ1n) is 11.2. The van der Waals surface area contributed by atoms with Gasteiger partial charge in [-0.25, -0.2) is 0 Å². The van der Waals surface area contributed by atoms with Gasteiger partial charge in [0, 0.05) is 19.2 Å². The summed E-state index contributed by atoms with van der Waals surface area (Å²) in [4.78, 5) is 2.39. The number of methoxy groups -OCH3 is 1. The molecule has 4 rings (SSSR count). The van der Waals surface area contributed by atoms with E-state index in [4.69, 9.17) is 8.92 Å². The van der Waals surface area contributed by atoms with Crippen molar-refractivity contribution in [3.63, 3.8) is 0 Å². The van der Waals surface area contributed by atoms with Crippen molar-refractivity contribution in [1.29, 1.82) is 0 Å². The molecule has 1 atom stereocenters. The van der Waals surface area contributed by atoms with Crippen LogP contribution in [0.25, 0.3) is 10.8 Å². The molecule has 0 aromatic heterocycles. The van der Waals surface area contributed by atoms with Gasteiger partial charge in [0.05, 0.1) is 13.7 Å². The van der Waals surface area contributed by atoms with Gasteiger partial charge in [-0.15, -0.1) is 0 Å². The molecular formula is C26H31NO5S. The second kappa shape index (κ2) is 9.71. The van der Waals surface area contributed by atoms with Crippen LogP contribution in [0.4, 0.5) is 0 Å². The van der Waals surface area contributed by atoms with Crippen molar-refractivity contribution < 1.29 is 22.4 Å². The number of ether oxygens (including phenoxy) is 1. The Bertz CT molecular complexity index is 1260. The fourth-order valence-corrected chi connectivity index (χ4v) is 5.76. The Morgan fingerprint density at radius 2 is 1.91 bits per heavy atom. The van der Waals surface area contributed by atoms with Crippen LogP contribution in [0.1, 0.15) is 23.1 Å². The third kappa shape index (κ3) is 5.32. The maximum absolute atomic E-state index is 12.6. The van der Waals surface area contributed by atoms with E-state index >= 15 is 0 Å². The minimum Gasteiger partial charge on any atom is -0.508 e. The van der Waals surface area contributed by atoms with Crippen LogP contribution >= 0.6 is 0 Å². The Balaban J connectivity index is 1.31. The summed E-state index contributed by atoms with van der Waals surface area (Å²) in [6.07, 6.45) is 1.85.